The van der Waals surface area contributed by atoms with Crippen LogP contribution in [0.5, 0.6) is 0 Å². The van der Waals surface area contributed by atoms with Crippen LogP contribution in [0.2, 0.25) is 0 Å². The van der Waals surface area contributed by atoms with Crippen molar-refractivity contribution in [1.29, 1.82) is 0 Å². The number of rotatable bonds is 13. The topological polar surface area (TPSA) is 43.4 Å². The van der Waals surface area contributed by atoms with Gasteiger partial charge in [0.2, 0.25) is 0 Å². The molecule has 0 saturated heterocycles. The van der Waals surface area contributed by atoms with Crippen LogP contribution in [-0.2, 0) is 30.8 Å². The molecule has 5 heteroatoms. The molecule has 0 fully saturated rings. The van der Waals surface area contributed by atoms with Gasteiger partial charge in [-0.05, 0) is 18.6 Å². The van der Waals surface area contributed by atoms with Crippen molar-refractivity contribution in [2.75, 3.05) is 6.61 Å². The fraction of sp³-hybridized carbons (Fsp3) is 0.667. The van der Waals surface area contributed by atoms with Gasteiger partial charge >= 0.3 is 0 Å². The molecule has 136 valence electrons. The molecule has 0 N–H and O–H groups in total. The molecular weight excluding hydrogens is 355 g/mol. The molecular formula is C18H30NiO3S. The van der Waals surface area contributed by atoms with Crippen molar-refractivity contribution in [1.82, 2.24) is 0 Å². The zero-order chi connectivity index (χ0) is 16.1. The van der Waals surface area contributed by atoms with E-state index in [1.807, 2.05) is 0 Å². The molecule has 0 aliphatic rings. The van der Waals surface area contributed by atoms with Crippen molar-refractivity contribution in [3.63, 3.8) is 0 Å². The van der Waals surface area contributed by atoms with Gasteiger partial charge in [-0.1, -0.05) is 82.9 Å². The molecule has 0 unspecified atom stereocenters. The minimum Gasteiger partial charge on any atom is -0.266 e. The van der Waals surface area contributed by atoms with E-state index in [1.54, 1.807) is 30.3 Å². The zero-order valence-electron chi connectivity index (χ0n) is 14.1. The van der Waals surface area contributed by atoms with E-state index in [4.69, 9.17) is 4.18 Å². The zero-order valence-corrected chi connectivity index (χ0v) is 15.9. The first-order chi connectivity index (χ1) is 10.7. The Bertz CT molecular complexity index is 474. The Balaban J connectivity index is 0.00000484. The van der Waals surface area contributed by atoms with Gasteiger partial charge in [-0.15, -0.1) is 0 Å². The van der Waals surface area contributed by atoms with Gasteiger partial charge in [-0.3, -0.25) is 4.18 Å². The molecule has 0 spiro atoms. The van der Waals surface area contributed by atoms with Gasteiger partial charge < -0.3 is 0 Å². The Morgan fingerprint density at radius 1 is 0.783 bits per heavy atom. The number of benzene rings is 1. The molecule has 0 saturated carbocycles. The van der Waals surface area contributed by atoms with Crippen LogP contribution in [0.25, 0.3) is 0 Å². The fourth-order valence-corrected chi connectivity index (χ4v) is 3.38. The van der Waals surface area contributed by atoms with Crippen LogP contribution in [-0.4, -0.2) is 15.0 Å². The molecule has 3 nitrogen and oxygen atoms in total. The summed E-state index contributed by atoms with van der Waals surface area (Å²) in [6.45, 7) is 2.52. The summed E-state index contributed by atoms with van der Waals surface area (Å²) >= 11 is 0. The Morgan fingerprint density at radius 2 is 1.26 bits per heavy atom. The molecule has 0 aliphatic heterocycles. The Labute approximate surface area is 152 Å². The maximum Gasteiger partial charge on any atom is 0.296 e. The Kier molecular flexibility index (Phi) is 13.8. The van der Waals surface area contributed by atoms with Gasteiger partial charge in [0.25, 0.3) is 10.1 Å². The van der Waals surface area contributed by atoms with E-state index in [0.717, 1.165) is 12.8 Å². The molecule has 0 atom stereocenters. The first-order valence-corrected chi connectivity index (χ1v) is 10.0. The summed E-state index contributed by atoms with van der Waals surface area (Å²) in [5.41, 5.74) is 0. The third-order valence-electron chi connectivity index (χ3n) is 3.77. The van der Waals surface area contributed by atoms with E-state index in [0.29, 0.717) is 0 Å². The number of hydrogen-bond donors (Lipinski definition) is 0. The van der Waals surface area contributed by atoms with E-state index in [2.05, 4.69) is 6.92 Å². The van der Waals surface area contributed by atoms with E-state index < -0.39 is 10.1 Å². The normalized spacial score (nSPS) is 11.2. The first kappa shape index (κ1) is 22.6. The summed E-state index contributed by atoms with van der Waals surface area (Å²) in [7, 11) is -3.57. The number of unbranched alkanes of at least 4 members (excludes halogenated alkanes) is 9. The second-order valence-corrected chi connectivity index (χ2v) is 7.39. The van der Waals surface area contributed by atoms with E-state index in [1.165, 1.54) is 51.4 Å². The molecule has 0 radical (unpaired) electrons. The predicted molar refractivity (Wildman–Crippen MR) is 91.4 cm³/mol. The molecule has 0 aliphatic carbocycles. The summed E-state index contributed by atoms with van der Waals surface area (Å²) in [6, 6.07) is 8.33. The summed E-state index contributed by atoms with van der Waals surface area (Å²) < 4.78 is 28.8. The largest absolute Gasteiger partial charge is 0.296 e. The van der Waals surface area contributed by atoms with Crippen molar-refractivity contribution in [3.8, 4) is 0 Å². The smallest absolute Gasteiger partial charge is 0.266 e. The standard InChI is InChI=1S/C18H30O3S.Ni/c1-2-3-4-5-6-7-8-9-10-14-17-21-22(19,20)18-15-12-11-13-16-18;/h11-13,15-16H,2-10,14,17H2,1H3;. The monoisotopic (exact) mass is 384 g/mol. The van der Waals surface area contributed by atoms with Crippen LogP contribution in [0.1, 0.15) is 71.1 Å². The molecule has 1 aromatic carbocycles. The van der Waals surface area contributed by atoms with Gasteiger partial charge in [0.15, 0.2) is 0 Å². The average Bonchev–Trinajstić information content (AvgIpc) is 2.53. The summed E-state index contributed by atoms with van der Waals surface area (Å²) in [6.07, 6.45) is 12.3. The fourth-order valence-electron chi connectivity index (χ4n) is 2.41. The van der Waals surface area contributed by atoms with Gasteiger partial charge in [0, 0.05) is 16.5 Å². The molecule has 1 aromatic rings. The van der Waals surface area contributed by atoms with Crippen molar-refractivity contribution >= 4 is 10.1 Å². The minimum atomic E-state index is -3.57. The minimum absolute atomic E-state index is 0. The number of hydrogen-bond acceptors (Lipinski definition) is 3. The quantitative estimate of drug-likeness (QED) is 0.263. The second kappa shape index (κ2) is 14.0. The van der Waals surface area contributed by atoms with Crippen LogP contribution in [0, 0.1) is 0 Å². The molecule has 0 amide bonds. The first-order valence-electron chi connectivity index (χ1n) is 8.61. The van der Waals surface area contributed by atoms with Gasteiger partial charge in [0.05, 0.1) is 11.5 Å². The summed E-state index contributed by atoms with van der Waals surface area (Å²) in [5, 5.41) is 0. The maximum atomic E-state index is 11.9. The van der Waals surface area contributed by atoms with Crippen molar-refractivity contribution in [3.05, 3.63) is 30.3 Å². The SMILES string of the molecule is CCCCCCCCCCCCOS(=O)(=O)c1ccccc1.[Ni]. The third-order valence-corrected chi connectivity index (χ3v) is 5.09. The molecule has 0 bridgehead atoms. The van der Waals surface area contributed by atoms with Crippen LogP contribution in [0.4, 0.5) is 0 Å². The van der Waals surface area contributed by atoms with E-state index >= 15 is 0 Å². The van der Waals surface area contributed by atoms with Crippen molar-refractivity contribution in [2.45, 2.75) is 76.0 Å². The van der Waals surface area contributed by atoms with Crippen molar-refractivity contribution < 1.29 is 29.1 Å². The van der Waals surface area contributed by atoms with E-state index in [9.17, 15) is 8.42 Å². The molecule has 23 heavy (non-hydrogen) atoms. The predicted octanol–water partition coefficient (Wildman–Crippen LogP) is 5.31. The van der Waals surface area contributed by atoms with E-state index in [-0.39, 0.29) is 28.0 Å². The Morgan fingerprint density at radius 3 is 1.78 bits per heavy atom. The molecule has 0 aromatic heterocycles. The van der Waals surface area contributed by atoms with Gasteiger partial charge in [0.1, 0.15) is 0 Å². The van der Waals surface area contributed by atoms with Crippen LogP contribution in [0.15, 0.2) is 35.2 Å². The van der Waals surface area contributed by atoms with Crippen molar-refractivity contribution in [2.24, 2.45) is 0 Å². The maximum absolute atomic E-state index is 11.9. The van der Waals surface area contributed by atoms with Gasteiger partial charge in [-0.25, -0.2) is 0 Å². The average molecular weight is 385 g/mol. The van der Waals surface area contributed by atoms with Crippen LogP contribution in [0.3, 0.4) is 0 Å². The second-order valence-electron chi connectivity index (χ2n) is 5.77. The van der Waals surface area contributed by atoms with Crippen LogP contribution >= 0.6 is 0 Å². The molecule has 0 heterocycles. The van der Waals surface area contributed by atoms with Gasteiger partial charge in [-0.2, -0.15) is 8.42 Å². The third kappa shape index (κ3) is 10.9. The van der Waals surface area contributed by atoms with Crippen LogP contribution < -0.4 is 0 Å². The Hall–Kier alpha value is -0.376. The molecule has 1 rings (SSSR count). The summed E-state index contributed by atoms with van der Waals surface area (Å²) in [5.74, 6) is 0. The summed E-state index contributed by atoms with van der Waals surface area (Å²) in [4.78, 5) is 0.238.